The van der Waals surface area contributed by atoms with Gasteiger partial charge in [0.15, 0.2) is 5.69 Å². The number of rotatable bonds is 6. The smallest absolute Gasteiger partial charge is 0.351 e. The molecule has 1 unspecified atom stereocenters. The Morgan fingerprint density at radius 2 is 1.76 bits per heavy atom. The van der Waals surface area contributed by atoms with Crippen LogP contribution < -0.4 is 5.32 Å². The summed E-state index contributed by atoms with van der Waals surface area (Å²) in [7, 11) is -4.08. The quantitative estimate of drug-likeness (QED) is 0.475. The van der Waals surface area contributed by atoms with E-state index in [1.807, 2.05) is 0 Å². The maximum atomic E-state index is 14.2. The number of halogens is 5. The molecule has 1 aromatic heterocycles. The molecule has 1 fully saturated rings. The molecule has 0 aliphatic carbocycles. The van der Waals surface area contributed by atoms with Gasteiger partial charge in [0.05, 0.1) is 23.0 Å². The lowest BCUT2D eigenvalue weighted by atomic mass is 10.1. The van der Waals surface area contributed by atoms with Crippen molar-refractivity contribution in [3.05, 3.63) is 77.8 Å². The van der Waals surface area contributed by atoms with Crippen LogP contribution in [-0.4, -0.2) is 41.2 Å². The molecule has 1 saturated heterocycles. The molecule has 2 atom stereocenters. The molecule has 3 aromatic rings. The second-order valence-electron chi connectivity index (χ2n) is 8.74. The van der Waals surface area contributed by atoms with E-state index in [0.717, 1.165) is 46.9 Å². The van der Waals surface area contributed by atoms with E-state index >= 15 is 0 Å². The monoisotopic (exact) mass is 540 g/mol. The van der Waals surface area contributed by atoms with Gasteiger partial charge in [-0.05, 0) is 60.4 Å². The highest BCUT2D eigenvalue weighted by Gasteiger charge is 2.42. The van der Waals surface area contributed by atoms with E-state index in [9.17, 15) is 35.2 Å². The number of aromatic nitrogens is 2. The number of hydrogen-bond donors (Lipinski definition) is 1. The molecule has 0 bridgehead atoms. The first kappa shape index (κ1) is 26.6. The van der Waals surface area contributed by atoms with Gasteiger partial charge < -0.3 is 5.32 Å². The molecule has 0 spiro atoms. The van der Waals surface area contributed by atoms with E-state index in [-0.39, 0.29) is 47.1 Å². The zero-order chi connectivity index (χ0) is 27.0. The number of nitrogens with zero attached hydrogens (tertiary/aromatic N) is 3. The highest BCUT2D eigenvalue weighted by molar-refractivity contribution is 7.89. The number of alkyl halides is 3. The molecule has 37 heavy (non-hydrogen) atoms. The van der Waals surface area contributed by atoms with Gasteiger partial charge in [-0.1, -0.05) is 6.92 Å². The minimum absolute atomic E-state index is 0.00117. The Kier molecular flexibility index (Phi) is 7.29. The minimum atomic E-state index is -4.67. The Morgan fingerprint density at radius 1 is 1.05 bits per heavy atom. The zero-order valence-corrected chi connectivity index (χ0v) is 20.2. The van der Waals surface area contributed by atoms with Crippen LogP contribution in [0, 0.1) is 17.6 Å². The molecule has 1 N–H and O–H groups in total. The van der Waals surface area contributed by atoms with Crippen LogP contribution in [0.2, 0.25) is 0 Å². The number of benzene rings is 2. The molecule has 4 rings (SSSR count). The lowest BCUT2D eigenvalue weighted by Crippen LogP contribution is -2.45. The Hall–Kier alpha value is -3.45. The molecule has 7 nitrogen and oxygen atoms in total. The van der Waals surface area contributed by atoms with Gasteiger partial charge in [0.1, 0.15) is 17.7 Å². The average molecular weight is 541 g/mol. The normalized spacial score (nSPS) is 18.6. The van der Waals surface area contributed by atoms with Crippen LogP contribution in [0.15, 0.2) is 59.8 Å². The van der Waals surface area contributed by atoms with Gasteiger partial charge in [-0.2, -0.15) is 17.5 Å². The van der Waals surface area contributed by atoms with E-state index < -0.39 is 45.5 Å². The van der Waals surface area contributed by atoms with E-state index in [1.54, 1.807) is 6.92 Å². The summed E-state index contributed by atoms with van der Waals surface area (Å²) >= 11 is 0. The van der Waals surface area contributed by atoms with E-state index in [2.05, 4.69) is 15.3 Å². The summed E-state index contributed by atoms with van der Waals surface area (Å²) in [5.41, 5.74) is -0.753. The average Bonchev–Trinajstić information content (AvgIpc) is 3.25. The number of hydrogen-bond acceptors (Lipinski definition) is 5. The van der Waals surface area contributed by atoms with Crippen molar-refractivity contribution in [3.8, 4) is 11.3 Å². The molecule has 2 aromatic carbocycles. The van der Waals surface area contributed by atoms with Crippen LogP contribution in [0.1, 0.15) is 24.6 Å². The Morgan fingerprint density at radius 3 is 2.38 bits per heavy atom. The van der Waals surface area contributed by atoms with Crippen molar-refractivity contribution < 1.29 is 35.2 Å². The van der Waals surface area contributed by atoms with Gasteiger partial charge in [-0.25, -0.2) is 22.2 Å². The van der Waals surface area contributed by atoms with Gasteiger partial charge in [0.25, 0.3) is 0 Å². The largest absolute Gasteiger partial charge is 0.434 e. The van der Waals surface area contributed by atoms with Gasteiger partial charge in [0.2, 0.25) is 15.9 Å². The molecule has 0 saturated carbocycles. The first-order chi connectivity index (χ1) is 17.3. The first-order valence-corrected chi connectivity index (χ1v) is 12.5. The second kappa shape index (κ2) is 10.1. The molecular formula is C24H21F5N4O3S. The van der Waals surface area contributed by atoms with E-state index in [1.165, 1.54) is 6.07 Å². The number of nitrogens with one attached hydrogen (secondary N) is 1. The predicted molar refractivity (Wildman–Crippen MR) is 122 cm³/mol. The summed E-state index contributed by atoms with van der Waals surface area (Å²) in [6, 6.07) is 6.89. The SMILES string of the molecule is CC1C[C@@H](C(=O)NCc2cc(F)cc(-c3cnc(C(F)(F)F)cn3)c2)N(S(=O)(=O)c2ccc(F)cc2)C1. The maximum Gasteiger partial charge on any atom is 0.434 e. The first-order valence-electron chi connectivity index (χ1n) is 11.1. The van der Waals surface area contributed by atoms with Crippen LogP contribution in [-0.2, 0) is 27.5 Å². The standard InChI is InChI=1S/C24H21F5N4O3S/c1-14-6-21(33(13-14)37(35,36)19-4-2-17(25)3-5-19)23(34)32-10-15-7-16(9-18(26)8-15)20-11-31-22(12-30-20)24(27,28)29/h2-5,7-9,11-12,14,21H,6,10,13H2,1H3,(H,32,34)/t14?,21-/m0/s1. The van der Waals surface area contributed by atoms with Crippen molar-refractivity contribution in [2.45, 2.75) is 37.0 Å². The third kappa shape index (κ3) is 5.93. The van der Waals surface area contributed by atoms with Gasteiger partial charge in [-0.3, -0.25) is 9.78 Å². The second-order valence-corrected chi connectivity index (χ2v) is 10.6. The van der Waals surface area contributed by atoms with Crippen molar-refractivity contribution in [1.82, 2.24) is 19.6 Å². The van der Waals surface area contributed by atoms with Crippen molar-refractivity contribution in [3.63, 3.8) is 0 Å². The summed E-state index contributed by atoms with van der Waals surface area (Å²) in [4.78, 5) is 19.9. The van der Waals surface area contributed by atoms with Crippen molar-refractivity contribution in [2.75, 3.05) is 6.54 Å². The fourth-order valence-corrected chi connectivity index (χ4v) is 5.80. The van der Waals surface area contributed by atoms with Crippen LogP contribution in [0.4, 0.5) is 22.0 Å². The summed E-state index contributed by atoms with van der Waals surface area (Å²) in [5.74, 6) is -2.03. The van der Waals surface area contributed by atoms with Crippen LogP contribution in [0.5, 0.6) is 0 Å². The molecule has 13 heteroatoms. The molecule has 1 aliphatic heterocycles. The fourth-order valence-electron chi connectivity index (χ4n) is 4.08. The summed E-state index contributed by atoms with van der Waals surface area (Å²) < 4.78 is 93.0. The highest BCUT2D eigenvalue weighted by atomic mass is 32.2. The maximum absolute atomic E-state index is 14.2. The molecule has 0 radical (unpaired) electrons. The van der Waals surface area contributed by atoms with Crippen molar-refractivity contribution in [2.24, 2.45) is 5.92 Å². The number of sulfonamides is 1. The summed E-state index contributed by atoms with van der Waals surface area (Å²) in [6.07, 6.45) is -3.00. The lowest BCUT2D eigenvalue weighted by molar-refractivity contribution is -0.141. The predicted octanol–water partition coefficient (Wildman–Crippen LogP) is 4.16. The van der Waals surface area contributed by atoms with Crippen LogP contribution in [0.3, 0.4) is 0 Å². The number of amides is 1. The van der Waals surface area contributed by atoms with E-state index in [0.29, 0.717) is 6.20 Å². The van der Waals surface area contributed by atoms with Gasteiger partial charge in [0, 0.05) is 18.7 Å². The molecule has 1 amide bonds. The highest BCUT2D eigenvalue weighted by Crippen LogP contribution is 2.30. The van der Waals surface area contributed by atoms with Crippen LogP contribution >= 0.6 is 0 Å². The molecular weight excluding hydrogens is 519 g/mol. The molecule has 196 valence electrons. The lowest BCUT2D eigenvalue weighted by Gasteiger charge is -2.23. The summed E-state index contributed by atoms with van der Waals surface area (Å²) in [5, 5.41) is 2.60. The Bertz CT molecular complexity index is 1400. The van der Waals surface area contributed by atoms with Gasteiger partial charge in [-0.15, -0.1) is 0 Å². The van der Waals surface area contributed by atoms with Crippen molar-refractivity contribution >= 4 is 15.9 Å². The third-order valence-electron chi connectivity index (χ3n) is 5.85. The Labute approximate surface area is 209 Å². The zero-order valence-electron chi connectivity index (χ0n) is 19.3. The minimum Gasteiger partial charge on any atom is -0.351 e. The van der Waals surface area contributed by atoms with Gasteiger partial charge >= 0.3 is 6.18 Å². The molecule has 2 heterocycles. The topological polar surface area (TPSA) is 92.3 Å². The Balaban J connectivity index is 1.50. The summed E-state index contributed by atoms with van der Waals surface area (Å²) in [6.45, 7) is 1.71. The number of carbonyl (C=O) groups is 1. The third-order valence-corrected chi connectivity index (χ3v) is 7.74. The van der Waals surface area contributed by atoms with Crippen LogP contribution in [0.25, 0.3) is 11.3 Å². The number of carbonyl (C=O) groups excluding carboxylic acids is 1. The van der Waals surface area contributed by atoms with Crippen molar-refractivity contribution in [1.29, 1.82) is 0 Å². The fraction of sp³-hybridized carbons (Fsp3) is 0.292. The molecule has 1 aliphatic rings. The van der Waals surface area contributed by atoms with E-state index in [4.69, 9.17) is 0 Å².